The van der Waals surface area contributed by atoms with Crippen molar-refractivity contribution in [2.24, 2.45) is 0 Å². The molecule has 0 unspecified atom stereocenters. The smallest absolute Gasteiger partial charge is 0.264 e. The van der Waals surface area contributed by atoms with Gasteiger partial charge in [0, 0.05) is 25.5 Å². The van der Waals surface area contributed by atoms with Crippen molar-refractivity contribution in [2.75, 3.05) is 19.8 Å². The van der Waals surface area contributed by atoms with E-state index in [9.17, 15) is 18.0 Å². The van der Waals surface area contributed by atoms with Gasteiger partial charge < -0.3 is 10.6 Å². The van der Waals surface area contributed by atoms with Gasteiger partial charge in [0.15, 0.2) is 11.6 Å². The fraction of sp³-hybridized carbons (Fsp3) is 0.217. The first kappa shape index (κ1) is 24.0. The third-order valence-electron chi connectivity index (χ3n) is 4.69. The molecule has 0 aliphatic rings. The van der Waals surface area contributed by atoms with Crippen LogP contribution in [0.1, 0.15) is 28.5 Å². The Morgan fingerprint density at radius 2 is 1.61 bits per heavy atom. The van der Waals surface area contributed by atoms with Crippen LogP contribution in [0.2, 0.25) is 0 Å². The molecule has 1 aromatic heterocycles. The molecule has 1 amide bonds. The highest BCUT2D eigenvalue weighted by molar-refractivity contribution is 7.90. The summed E-state index contributed by atoms with van der Waals surface area (Å²) in [5.41, 5.74) is 9.02. The van der Waals surface area contributed by atoms with Crippen molar-refractivity contribution >= 4 is 27.5 Å². The van der Waals surface area contributed by atoms with Crippen LogP contribution in [0, 0.1) is 0 Å². The van der Waals surface area contributed by atoms with Crippen molar-refractivity contribution in [3.8, 4) is 11.3 Å². The lowest BCUT2D eigenvalue weighted by molar-refractivity contribution is -0.117. The minimum absolute atomic E-state index is 0.0258. The zero-order chi connectivity index (χ0) is 24.2. The Balaban J connectivity index is 1.78. The van der Waals surface area contributed by atoms with E-state index in [4.69, 9.17) is 5.73 Å². The molecule has 172 valence electrons. The Morgan fingerprint density at radius 1 is 1.00 bits per heavy atom. The maximum Gasteiger partial charge on any atom is 0.264 e. The number of nitrogens with two attached hydrogens (primary N) is 1. The average molecular weight is 468 g/mol. The molecule has 1 heterocycles. The van der Waals surface area contributed by atoms with Gasteiger partial charge in [-0.1, -0.05) is 36.4 Å². The maximum atomic E-state index is 12.9. The molecule has 2 aromatic carbocycles. The second-order valence-electron chi connectivity index (χ2n) is 7.83. The van der Waals surface area contributed by atoms with Crippen LogP contribution in [0.3, 0.4) is 0 Å². The van der Waals surface area contributed by atoms with Gasteiger partial charge in [0.1, 0.15) is 5.69 Å². The van der Waals surface area contributed by atoms with E-state index in [1.807, 2.05) is 43.1 Å². The molecule has 0 atom stereocenters. The quantitative estimate of drug-likeness (QED) is 0.481. The molecule has 33 heavy (non-hydrogen) atoms. The zero-order valence-electron chi connectivity index (χ0n) is 18.6. The van der Waals surface area contributed by atoms with E-state index in [-0.39, 0.29) is 28.6 Å². The molecular formula is C23H25N5O4S. The first-order valence-electron chi connectivity index (χ1n) is 10.1. The summed E-state index contributed by atoms with van der Waals surface area (Å²) in [5.74, 6) is -1.00. The summed E-state index contributed by atoms with van der Waals surface area (Å²) in [4.78, 5) is 34.5. The van der Waals surface area contributed by atoms with Gasteiger partial charge in [0.25, 0.3) is 10.0 Å². The number of nitrogen functional groups attached to an aromatic ring is 1. The fourth-order valence-electron chi connectivity index (χ4n) is 3.19. The average Bonchev–Trinajstić information content (AvgIpc) is 2.74. The first-order chi connectivity index (χ1) is 15.5. The van der Waals surface area contributed by atoms with Crippen LogP contribution >= 0.6 is 0 Å². The summed E-state index contributed by atoms with van der Waals surface area (Å²) >= 11 is 0. The number of aromatic nitrogens is 2. The van der Waals surface area contributed by atoms with E-state index < -0.39 is 15.9 Å². The molecular weight excluding hydrogens is 442 g/mol. The fourth-order valence-corrected chi connectivity index (χ4v) is 4.18. The number of carbonyl (C=O) groups is 2. The summed E-state index contributed by atoms with van der Waals surface area (Å²) in [6.45, 7) is 1.92. The van der Waals surface area contributed by atoms with Crippen LogP contribution in [0.4, 0.5) is 5.82 Å². The summed E-state index contributed by atoms with van der Waals surface area (Å²) in [5, 5.41) is 0. The Kier molecular flexibility index (Phi) is 7.19. The lowest BCUT2D eigenvalue weighted by atomic mass is 10.1. The number of amides is 1. The van der Waals surface area contributed by atoms with Crippen LogP contribution in [0.15, 0.2) is 59.6 Å². The normalized spacial score (nSPS) is 11.4. The highest BCUT2D eigenvalue weighted by Gasteiger charge is 2.18. The standard InChI is InChI=1S/C23H25N5O4S/c1-15(29)27-33(31,32)19-10-6-16(7-11-19)12-21(30)22-23(24)25-13-20(26-22)18-8-4-17(5-9-18)14-28(2)3/h4-11,13H,12,14H2,1-3H3,(H2,24,25)(H,27,29). The van der Waals surface area contributed by atoms with Crippen molar-refractivity contribution in [3.05, 3.63) is 71.5 Å². The van der Waals surface area contributed by atoms with Gasteiger partial charge in [-0.3, -0.25) is 9.59 Å². The second-order valence-corrected chi connectivity index (χ2v) is 9.51. The zero-order valence-corrected chi connectivity index (χ0v) is 19.4. The number of hydrogen-bond donors (Lipinski definition) is 2. The van der Waals surface area contributed by atoms with E-state index in [0.29, 0.717) is 11.3 Å². The number of hydrogen-bond acceptors (Lipinski definition) is 8. The molecule has 3 N–H and O–H groups in total. The van der Waals surface area contributed by atoms with E-state index in [2.05, 4.69) is 14.9 Å². The minimum atomic E-state index is -3.94. The summed E-state index contributed by atoms with van der Waals surface area (Å²) in [6.07, 6.45) is 1.49. The lowest BCUT2D eigenvalue weighted by Gasteiger charge is -2.11. The number of anilines is 1. The SMILES string of the molecule is CC(=O)NS(=O)(=O)c1ccc(CC(=O)c2nc(-c3ccc(CN(C)C)cc3)cnc2N)cc1. The molecule has 0 spiro atoms. The lowest BCUT2D eigenvalue weighted by Crippen LogP contribution is -2.28. The Hall–Kier alpha value is -3.63. The van der Waals surface area contributed by atoms with E-state index in [1.54, 1.807) is 0 Å². The van der Waals surface area contributed by atoms with Crippen LogP contribution in [0.25, 0.3) is 11.3 Å². The number of sulfonamides is 1. The third kappa shape index (κ3) is 6.21. The summed E-state index contributed by atoms with van der Waals surface area (Å²) in [7, 11) is 0.0463. The molecule has 0 fully saturated rings. The molecule has 3 rings (SSSR count). The van der Waals surface area contributed by atoms with Gasteiger partial charge in [-0.05, 0) is 37.4 Å². The first-order valence-corrected chi connectivity index (χ1v) is 11.6. The number of benzene rings is 2. The predicted molar refractivity (Wildman–Crippen MR) is 125 cm³/mol. The molecule has 3 aromatic rings. The van der Waals surface area contributed by atoms with E-state index in [0.717, 1.165) is 24.6 Å². The van der Waals surface area contributed by atoms with Gasteiger partial charge in [-0.2, -0.15) is 0 Å². The topological polar surface area (TPSA) is 135 Å². The highest BCUT2D eigenvalue weighted by Crippen LogP contribution is 2.21. The monoisotopic (exact) mass is 467 g/mol. The van der Waals surface area contributed by atoms with Crippen LogP contribution in [-0.4, -0.2) is 49.1 Å². The number of nitrogens with zero attached hydrogens (tertiary/aromatic N) is 3. The van der Waals surface area contributed by atoms with Crippen molar-refractivity contribution < 1.29 is 18.0 Å². The third-order valence-corrected chi connectivity index (χ3v) is 6.14. The van der Waals surface area contributed by atoms with Crippen molar-refractivity contribution in [3.63, 3.8) is 0 Å². The summed E-state index contributed by atoms with van der Waals surface area (Å²) in [6, 6.07) is 13.5. The van der Waals surface area contributed by atoms with Gasteiger partial charge in [-0.15, -0.1) is 0 Å². The van der Waals surface area contributed by atoms with Crippen molar-refractivity contribution in [1.29, 1.82) is 0 Å². The molecule has 10 heteroatoms. The highest BCUT2D eigenvalue weighted by atomic mass is 32.2. The molecule has 0 aliphatic carbocycles. The van der Waals surface area contributed by atoms with Gasteiger partial charge in [0.05, 0.1) is 16.8 Å². The van der Waals surface area contributed by atoms with Crippen LogP contribution in [0.5, 0.6) is 0 Å². The van der Waals surface area contributed by atoms with Gasteiger partial charge in [0.2, 0.25) is 5.91 Å². The molecule has 9 nitrogen and oxygen atoms in total. The van der Waals surface area contributed by atoms with Crippen LogP contribution in [-0.2, 0) is 27.8 Å². The molecule has 0 radical (unpaired) electrons. The van der Waals surface area contributed by atoms with Crippen molar-refractivity contribution in [2.45, 2.75) is 24.8 Å². The summed E-state index contributed by atoms with van der Waals surface area (Å²) < 4.78 is 26.0. The van der Waals surface area contributed by atoms with Crippen molar-refractivity contribution in [1.82, 2.24) is 19.6 Å². The predicted octanol–water partition coefficient (Wildman–Crippen LogP) is 2.04. The van der Waals surface area contributed by atoms with Crippen LogP contribution < -0.4 is 10.5 Å². The second kappa shape index (κ2) is 9.88. The number of rotatable bonds is 8. The van der Waals surface area contributed by atoms with E-state index in [1.165, 1.54) is 30.5 Å². The number of Topliss-reactive ketones (excluding diaryl/α,β-unsaturated/α-hetero) is 1. The maximum absolute atomic E-state index is 12.9. The van der Waals surface area contributed by atoms with Gasteiger partial charge in [-0.25, -0.2) is 23.1 Å². The molecule has 0 saturated carbocycles. The number of carbonyl (C=O) groups excluding carboxylic acids is 2. The Labute approximate surface area is 192 Å². The molecule has 0 bridgehead atoms. The Bertz CT molecular complexity index is 1270. The van der Waals surface area contributed by atoms with E-state index >= 15 is 0 Å². The number of nitrogens with one attached hydrogen (secondary N) is 1. The largest absolute Gasteiger partial charge is 0.382 e. The molecule has 0 saturated heterocycles. The van der Waals surface area contributed by atoms with Gasteiger partial charge >= 0.3 is 0 Å². The minimum Gasteiger partial charge on any atom is -0.382 e. The number of ketones is 1. The Morgan fingerprint density at radius 3 is 2.18 bits per heavy atom. The molecule has 0 aliphatic heterocycles.